The van der Waals surface area contributed by atoms with Gasteiger partial charge in [0.1, 0.15) is 0 Å². The molecule has 1 atom stereocenters. The van der Waals surface area contributed by atoms with E-state index in [1.165, 1.54) is 4.90 Å². The number of nitrogens with zero attached hydrogens (tertiary/aromatic N) is 1. The fraction of sp³-hybridized carbons (Fsp3) is 0.769. The molecule has 1 saturated heterocycles. The van der Waals surface area contributed by atoms with Crippen LogP contribution in [-0.4, -0.2) is 47.0 Å². The van der Waals surface area contributed by atoms with Gasteiger partial charge in [-0.3, -0.25) is 0 Å². The minimum absolute atomic E-state index is 0.139. The van der Waals surface area contributed by atoms with E-state index in [-0.39, 0.29) is 24.4 Å². The molecule has 0 bridgehead atoms. The van der Waals surface area contributed by atoms with E-state index in [1.807, 2.05) is 40.7 Å². The third kappa shape index (κ3) is 2.51. The molecule has 0 spiro atoms. The van der Waals surface area contributed by atoms with Crippen molar-refractivity contribution in [1.82, 2.24) is 4.90 Å². The summed E-state index contributed by atoms with van der Waals surface area (Å²) >= 11 is 0. The second-order valence-electron chi connectivity index (χ2n) is 6.30. The van der Waals surface area contributed by atoms with Gasteiger partial charge in [0, 0.05) is 6.54 Å². The van der Waals surface area contributed by atoms with Crippen molar-refractivity contribution in [2.75, 3.05) is 6.54 Å². The fourth-order valence-electron chi connectivity index (χ4n) is 2.40. The Kier molecular flexibility index (Phi) is 3.43. The van der Waals surface area contributed by atoms with Gasteiger partial charge in [0.2, 0.25) is 0 Å². The summed E-state index contributed by atoms with van der Waals surface area (Å²) < 4.78 is 12.0. The van der Waals surface area contributed by atoms with Crippen LogP contribution in [0.15, 0.2) is 11.5 Å². The van der Waals surface area contributed by atoms with E-state index in [0.29, 0.717) is 13.0 Å². The molecule has 6 heteroatoms. The Bertz CT molecular complexity index is 403. The molecule has 19 heavy (non-hydrogen) atoms. The molecule has 2 rings (SSSR count). The second-order valence-corrected chi connectivity index (χ2v) is 6.30. The summed E-state index contributed by atoms with van der Waals surface area (Å²) in [6.45, 7) is 10.4. The van der Waals surface area contributed by atoms with Crippen LogP contribution in [0.2, 0.25) is 0 Å². The first-order valence-electron chi connectivity index (χ1n) is 6.70. The lowest BCUT2D eigenvalue weighted by Gasteiger charge is -2.32. The molecular formula is C13H22BNO4. The number of rotatable bonds is 1. The van der Waals surface area contributed by atoms with Crippen molar-refractivity contribution in [2.24, 2.45) is 0 Å². The minimum Gasteiger partial charge on any atom is -0.465 e. The van der Waals surface area contributed by atoms with Gasteiger partial charge in [0.15, 0.2) is 0 Å². The van der Waals surface area contributed by atoms with Crippen LogP contribution in [0.1, 0.15) is 41.0 Å². The maximum atomic E-state index is 11.0. The Morgan fingerprint density at radius 2 is 1.89 bits per heavy atom. The third-order valence-corrected chi connectivity index (χ3v) is 4.39. The molecule has 0 aromatic rings. The molecule has 1 amide bonds. The quantitative estimate of drug-likeness (QED) is 0.741. The molecule has 0 aromatic carbocycles. The SMILES string of the molecule is CC1C=C(B2OC(C)(C)C(C)(C)O2)CCN1C(=O)O. The number of carbonyl (C=O) groups is 1. The molecule has 0 aliphatic carbocycles. The summed E-state index contributed by atoms with van der Waals surface area (Å²) in [7, 11) is -0.358. The molecular weight excluding hydrogens is 245 g/mol. The van der Waals surface area contributed by atoms with E-state index in [0.717, 1.165) is 5.47 Å². The standard InChI is InChI=1S/C13H22BNO4/c1-9-8-10(6-7-15(9)11(16)17)14-18-12(2,3)13(4,5)19-14/h8-9H,6-7H2,1-5H3,(H,16,17). The van der Waals surface area contributed by atoms with Crippen LogP contribution in [0.25, 0.3) is 0 Å². The van der Waals surface area contributed by atoms with Crippen molar-refractivity contribution in [3.8, 4) is 0 Å². The normalized spacial score (nSPS) is 29.3. The first kappa shape index (κ1) is 14.4. The first-order chi connectivity index (χ1) is 8.64. The van der Waals surface area contributed by atoms with E-state index in [2.05, 4.69) is 0 Å². The van der Waals surface area contributed by atoms with Crippen LogP contribution in [0, 0.1) is 0 Å². The maximum absolute atomic E-state index is 11.0. The van der Waals surface area contributed by atoms with Gasteiger partial charge in [-0.1, -0.05) is 6.08 Å². The van der Waals surface area contributed by atoms with Crippen molar-refractivity contribution >= 4 is 13.2 Å². The van der Waals surface area contributed by atoms with Crippen LogP contribution in [0.4, 0.5) is 4.79 Å². The van der Waals surface area contributed by atoms with Gasteiger partial charge in [0.05, 0.1) is 17.2 Å². The van der Waals surface area contributed by atoms with Gasteiger partial charge in [-0.2, -0.15) is 0 Å². The average molecular weight is 267 g/mol. The number of amides is 1. The van der Waals surface area contributed by atoms with Gasteiger partial charge in [-0.25, -0.2) is 4.79 Å². The maximum Gasteiger partial charge on any atom is 0.490 e. The lowest BCUT2D eigenvalue weighted by Crippen LogP contribution is -2.42. The molecule has 1 fully saturated rings. The molecule has 0 radical (unpaired) electrons. The molecule has 1 unspecified atom stereocenters. The highest BCUT2D eigenvalue weighted by molar-refractivity contribution is 6.54. The Morgan fingerprint density at radius 1 is 1.37 bits per heavy atom. The first-order valence-corrected chi connectivity index (χ1v) is 6.70. The summed E-state index contributed by atoms with van der Waals surface area (Å²) in [6.07, 6.45) is 1.73. The van der Waals surface area contributed by atoms with Crippen LogP contribution >= 0.6 is 0 Å². The Hall–Kier alpha value is -1.01. The largest absolute Gasteiger partial charge is 0.490 e. The zero-order valence-corrected chi connectivity index (χ0v) is 12.3. The number of carboxylic acid groups (broad SMARTS) is 1. The summed E-state index contributed by atoms with van der Waals surface area (Å²) in [4.78, 5) is 12.5. The number of hydrogen-bond donors (Lipinski definition) is 1. The molecule has 2 heterocycles. The van der Waals surface area contributed by atoms with Crippen LogP contribution in [0.5, 0.6) is 0 Å². The summed E-state index contributed by atoms with van der Waals surface area (Å²) in [5, 5.41) is 9.06. The fourth-order valence-corrected chi connectivity index (χ4v) is 2.40. The van der Waals surface area contributed by atoms with Gasteiger partial charge in [-0.15, -0.1) is 0 Å². The molecule has 1 N–H and O–H groups in total. The lowest BCUT2D eigenvalue weighted by molar-refractivity contribution is 0.00578. The summed E-state index contributed by atoms with van der Waals surface area (Å²) in [5.41, 5.74) is 0.334. The van der Waals surface area contributed by atoms with Crippen LogP contribution in [0.3, 0.4) is 0 Å². The predicted molar refractivity (Wildman–Crippen MR) is 73.0 cm³/mol. The Balaban J connectivity index is 2.14. The van der Waals surface area contributed by atoms with E-state index in [4.69, 9.17) is 14.4 Å². The molecule has 2 aliphatic heterocycles. The highest BCUT2D eigenvalue weighted by atomic mass is 16.7. The zero-order valence-electron chi connectivity index (χ0n) is 12.3. The molecule has 2 aliphatic rings. The van der Waals surface area contributed by atoms with E-state index >= 15 is 0 Å². The number of hydrogen-bond acceptors (Lipinski definition) is 3. The smallest absolute Gasteiger partial charge is 0.465 e. The average Bonchev–Trinajstić information content (AvgIpc) is 2.47. The van der Waals surface area contributed by atoms with Gasteiger partial charge in [-0.05, 0) is 46.5 Å². The van der Waals surface area contributed by atoms with Crippen molar-refractivity contribution in [2.45, 2.75) is 58.3 Å². The van der Waals surface area contributed by atoms with Gasteiger partial charge >= 0.3 is 13.2 Å². The van der Waals surface area contributed by atoms with Crippen molar-refractivity contribution < 1.29 is 19.2 Å². The second kappa shape index (κ2) is 4.53. The van der Waals surface area contributed by atoms with Crippen molar-refractivity contribution in [3.05, 3.63) is 11.5 Å². The van der Waals surface area contributed by atoms with Gasteiger partial charge < -0.3 is 19.3 Å². The molecule has 0 saturated carbocycles. The van der Waals surface area contributed by atoms with Gasteiger partial charge in [0.25, 0.3) is 0 Å². The van der Waals surface area contributed by atoms with Crippen LogP contribution in [-0.2, 0) is 9.31 Å². The highest BCUT2D eigenvalue weighted by Gasteiger charge is 2.52. The predicted octanol–water partition coefficient (Wildman–Crippen LogP) is 2.32. The zero-order chi connectivity index (χ0) is 14.4. The monoisotopic (exact) mass is 267 g/mol. The highest BCUT2D eigenvalue weighted by Crippen LogP contribution is 2.39. The molecule has 106 valence electrons. The lowest BCUT2D eigenvalue weighted by atomic mass is 9.74. The molecule has 5 nitrogen and oxygen atoms in total. The Labute approximate surface area is 114 Å². The van der Waals surface area contributed by atoms with Crippen molar-refractivity contribution in [1.29, 1.82) is 0 Å². The van der Waals surface area contributed by atoms with Crippen LogP contribution < -0.4 is 0 Å². The van der Waals surface area contributed by atoms with E-state index in [9.17, 15) is 4.79 Å². The Morgan fingerprint density at radius 3 is 2.32 bits per heavy atom. The summed E-state index contributed by atoms with van der Waals surface area (Å²) in [5.74, 6) is 0. The van der Waals surface area contributed by atoms with E-state index in [1.54, 1.807) is 0 Å². The topological polar surface area (TPSA) is 59.0 Å². The third-order valence-electron chi connectivity index (χ3n) is 4.39. The van der Waals surface area contributed by atoms with Crippen molar-refractivity contribution in [3.63, 3.8) is 0 Å². The summed E-state index contributed by atoms with van der Waals surface area (Å²) in [6, 6.07) is -0.139. The van der Waals surface area contributed by atoms with E-state index < -0.39 is 6.09 Å². The minimum atomic E-state index is -0.878. The molecule has 0 aromatic heterocycles.